The molecule has 0 spiro atoms. The molecule has 4 nitrogen and oxygen atoms in total. The van der Waals surface area contributed by atoms with Gasteiger partial charge in [-0.3, -0.25) is 5.32 Å². The smallest absolute Gasteiger partial charge is 0.332 e. The molecule has 2 N–H and O–H groups in total. The molecular weight excluding hydrogens is 122 g/mol. The minimum absolute atomic E-state index is 0.358. The third-order valence-corrected chi connectivity index (χ3v) is 1.25. The van der Waals surface area contributed by atoms with Crippen LogP contribution in [0.4, 0.5) is 0 Å². The zero-order chi connectivity index (χ0) is 6.69. The first-order valence-electron chi connectivity index (χ1n) is 2.86. The van der Waals surface area contributed by atoms with Crippen molar-refractivity contribution in [3.63, 3.8) is 0 Å². The van der Waals surface area contributed by atoms with Crippen LogP contribution in [-0.4, -0.2) is 30.5 Å². The summed E-state index contributed by atoms with van der Waals surface area (Å²) < 4.78 is 4.83. The third kappa shape index (κ3) is 1.65. The second-order valence-corrected chi connectivity index (χ2v) is 1.93. The van der Waals surface area contributed by atoms with Crippen LogP contribution in [-0.2, 0) is 9.53 Å². The lowest BCUT2D eigenvalue weighted by Crippen LogP contribution is -2.37. The molecule has 1 aliphatic rings. The van der Waals surface area contributed by atoms with Crippen LogP contribution in [0.15, 0.2) is 0 Å². The van der Waals surface area contributed by atoms with Crippen LogP contribution in [0.3, 0.4) is 0 Å². The fraction of sp³-hybridized carbons (Fsp3) is 0.800. The van der Waals surface area contributed by atoms with Crippen molar-refractivity contribution < 1.29 is 14.6 Å². The van der Waals surface area contributed by atoms with E-state index in [2.05, 4.69) is 5.32 Å². The number of ether oxygens (including phenoxy) is 1. The third-order valence-electron chi connectivity index (χ3n) is 1.25. The molecule has 1 saturated heterocycles. The van der Waals surface area contributed by atoms with Crippen LogP contribution < -0.4 is 5.32 Å². The Morgan fingerprint density at radius 1 is 1.78 bits per heavy atom. The zero-order valence-electron chi connectivity index (χ0n) is 4.96. The SMILES string of the molecule is O=C(O)C1CCNCO1. The zero-order valence-corrected chi connectivity index (χ0v) is 4.96. The second-order valence-electron chi connectivity index (χ2n) is 1.93. The van der Waals surface area contributed by atoms with Crippen LogP contribution >= 0.6 is 0 Å². The number of carboxylic acids is 1. The quantitative estimate of drug-likeness (QED) is 0.499. The highest BCUT2D eigenvalue weighted by Crippen LogP contribution is 2.00. The van der Waals surface area contributed by atoms with Gasteiger partial charge in [0.05, 0.1) is 6.73 Å². The van der Waals surface area contributed by atoms with Gasteiger partial charge in [0.2, 0.25) is 0 Å². The van der Waals surface area contributed by atoms with Gasteiger partial charge in [-0.2, -0.15) is 0 Å². The minimum atomic E-state index is -0.864. The Kier molecular flexibility index (Phi) is 2.02. The van der Waals surface area contributed by atoms with E-state index in [0.29, 0.717) is 13.2 Å². The molecule has 52 valence electrons. The summed E-state index contributed by atoms with van der Waals surface area (Å²) >= 11 is 0. The van der Waals surface area contributed by atoms with Gasteiger partial charge < -0.3 is 9.84 Å². The van der Waals surface area contributed by atoms with Gasteiger partial charge in [-0.05, 0) is 6.42 Å². The van der Waals surface area contributed by atoms with E-state index in [-0.39, 0.29) is 0 Å². The Labute approximate surface area is 52.8 Å². The summed E-state index contributed by atoms with van der Waals surface area (Å²) in [6.07, 6.45) is -0.0266. The molecule has 0 aromatic carbocycles. The predicted molar refractivity (Wildman–Crippen MR) is 30.0 cm³/mol. The Balaban J connectivity index is 2.31. The molecule has 0 aromatic heterocycles. The van der Waals surface area contributed by atoms with Crippen molar-refractivity contribution in [1.82, 2.24) is 5.32 Å². The van der Waals surface area contributed by atoms with E-state index in [9.17, 15) is 4.79 Å². The first-order valence-corrected chi connectivity index (χ1v) is 2.86. The van der Waals surface area contributed by atoms with Crippen molar-refractivity contribution in [2.45, 2.75) is 12.5 Å². The molecule has 1 atom stereocenters. The predicted octanol–water partition coefficient (Wildman–Crippen LogP) is -0.593. The molecule has 4 heteroatoms. The van der Waals surface area contributed by atoms with E-state index in [1.807, 2.05) is 0 Å². The molecule has 1 rings (SSSR count). The number of aliphatic carboxylic acids is 1. The molecule has 1 fully saturated rings. The lowest BCUT2D eigenvalue weighted by atomic mass is 10.2. The van der Waals surface area contributed by atoms with E-state index in [4.69, 9.17) is 9.84 Å². The number of hydrogen-bond donors (Lipinski definition) is 2. The summed E-state index contributed by atoms with van der Waals surface area (Å²) in [5, 5.41) is 11.3. The van der Waals surface area contributed by atoms with Gasteiger partial charge in [0, 0.05) is 6.54 Å². The van der Waals surface area contributed by atoms with Gasteiger partial charge >= 0.3 is 5.97 Å². The topological polar surface area (TPSA) is 58.6 Å². The summed E-state index contributed by atoms with van der Waals surface area (Å²) in [7, 11) is 0. The maximum Gasteiger partial charge on any atom is 0.332 e. The van der Waals surface area contributed by atoms with Crippen molar-refractivity contribution in [2.24, 2.45) is 0 Å². The molecule has 1 aliphatic heterocycles. The van der Waals surface area contributed by atoms with Crippen LogP contribution in [0.2, 0.25) is 0 Å². The Hall–Kier alpha value is -0.610. The number of carboxylic acid groups (broad SMARTS) is 1. The summed E-state index contributed by atoms with van der Waals surface area (Å²) in [5.41, 5.74) is 0. The van der Waals surface area contributed by atoms with Crippen molar-refractivity contribution in [3.05, 3.63) is 0 Å². The first-order chi connectivity index (χ1) is 4.30. The van der Waals surface area contributed by atoms with Crippen molar-refractivity contribution in [1.29, 1.82) is 0 Å². The number of nitrogens with one attached hydrogen (secondary N) is 1. The normalized spacial score (nSPS) is 27.8. The number of rotatable bonds is 1. The molecule has 0 aromatic rings. The molecule has 0 radical (unpaired) electrons. The van der Waals surface area contributed by atoms with Crippen LogP contribution in [0.25, 0.3) is 0 Å². The summed E-state index contributed by atoms with van der Waals surface area (Å²) in [4.78, 5) is 10.2. The summed E-state index contributed by atoms with van der Waals surface area (Å²) in [6, 6.07) is 0. The van der Waals surface area contributed by atoms with Gasteiger partial charge in [0.15, 0.2) is 6.10 Å². The maximum atomic E-state index is 10.2. The molecule has 9 heavy (non-hydrogen) atoms. The first kappa shape index (κ1) is 6.51. The van der Waals surface area contributed by atoms with Crippen molar-refractivity contribution in [3.8, 4) is 0 Å². The highest BCUT2D eigenvalue weighted by atomic mass is 16.5. The monoisotopic (exact) mass is 131 g/mol. The standard InChI is InChI=1S/C5H9NO3/c7-5(8)4-1-2-6-3-9-4/h4,6H,1-3H2,(H,7,8). The fourth-order valence-electron chi connectivity index (χ4n) is 0.743. The Morgan fingerprint density at radius 3 is 2.89 bits per heavy atom. The Morgan fingerprint density at radius 2 is 2.56 bits per heavy atom. The Bertz CT molecular complexity index is 109. The van der Waals surface area contributed by atoms with Crippen LogP contribution in [0.5, 0.6) is 0 Å². The second kappa shape index (κ2) is 2.80. The maximum absolute atomic E-state index is 10.2. The molecule has 0 saturated carbocycles. The lowest BCUT2D eigenvalue weighted by molar-refractivity contribution is -0.153. The van der Waals surface area contributed by atoms with Gasteiger partial charge in [-0.1, -0.05) is 0 Å². The lowest BCUT2D eigenvalue weighted by Gasteiger charge is -2.19. The van der Waals surface area contributed by atoms with E-state index in [0.717, 1.165) is 6.54 Å². The van der Waals surface area contributed by atoms with E-state index in [1.54, 1.807) is 0 Å². The van der Waals surface area contributed by atoms with E-state index >= 15 is 0 Å². The highest BCUT2D eigenvalue weighted by molar-refractivity contribution is 5.72. The average molecular weight is 131 g/mol. The van der Waals surface area contributed by atoms with Crippen LogP contribution in [0.1, 0.15) is 6.42 Å². The highest BCUT2D eigenvalue weighted by Gasteiger charge is 2.19. The molecule has 0 bridgehead atoms. The molecule has 1 unspecified atom stereocenters. The molecule has 0 aliphatic carbocycles. The number of hydrogen-bond acceptors (Lipinski definition) is 3. The molecular formula is C5H9NO3. The molecule has 1 heterocycles. The van der Waals surface area contributed by atoms with Gasteiger partial charge in [0.25, 0.3) is 0 Å². The number of carbonyl (C=O) groups is 1. The average Bonchev–Trinajstić information content (AvgIpc) is 1.90. The van der Waals surface area contributed by atoms with Crippen molar-refractivity contribution >= 4 is 5.97 Å². The van der Waals surface area contributed by atoms with Crippen molar-refractivity contribution in [2.75, 3.05) is 13.3 Å². The molecule has 0 amide bonds. The minimum Gasteiger partial charge on any atom is -0.479 e. The van der Waals surface area contributed by atoms with Gasteiger partial charge in [-0.15, -0.1) is 0 Å². The fourth-order valence-corrected chi connectivity index (χ4v) is 0.743. The van der Waals surface area contributed by atoms with E-state index in [1.165, 1.54) is 0 Å². The summed E-state index contributed by atoms with van der Waals surface area (Å²) in [6.45, 7) is 1.09. The van der Waals surface area contributed by atoms with Gasteiger partial charge in [-0.25, -0.2) is 4.79 Å². The summed E-state index contributed by atoms with van der Waals surface area (Å²) in [5.74, 6) is -0.864. The largest absolute Gasteiger partial charge is 0.479 e. The van der Waals surface area contributed by atoms with Gasteiger partial charge in [0.1, 0.15) is 0 Å². The van der Waals surface area contributed by atoms with E-state index < -0.39 is 12.1 Å². The van der Waals surface area contributed by atoms with Crippen LogP contribution in [0, 0.1) is 0 Å².